The van der Waals surface area contributed by atoms with Gasteiger partial charge < -0.3 is 15.4 Å². The SMILES string of the molecule is COc1ccc(C(=O)NC(=S)N(CCC(N)=O)Cc2ccccc2)cc1I. The molecule has 0 aliphatic heterocycles. The van der Waals surface area contributed by atoms with E-state index in [9.17, 15) is 9.59 Å². The van der Waals surface area contributed by atoms with Gasteiger partial charge in [0.1, 0.15) is 5.75 Å². The third kappa shape index (κ3) is 6.47. The van der Waals surface area contributed by atoms with Gasteiger partial charge in [0.05, 0.1) is 10.7 Å². The molecule has 0 atom stereocenters. The van der Waals surface area contributed by atoms with Crippen LogP contribution in [0.4, 0.5) is 0 Å². The molecule has 0 unspecified atom stereocenters. The molecule has 3 N–H and O–H groups in total. The van der Waals surface area contributed by atoms with Crippen molar-refractivity contribution in [1.29, 1.82) is 0 Å². The molecule has 27 heavy (non-hydrogen) atoms. The highest BCUT2D eigenvalue weighted by molar-refractivity contribution is 14.1. The maximum absolute atomic E-state index is 12.5. The van der Waals surface area contributed by atoms with Crippen LogP contribution in [0.1, 0.15) is 22.3 Å². The molecule has 0 aliphatic carbocycles. The first-order valence-electron chi connectivity index (χ1n) is 8.16. The van der Waals surface area contributed by atoms with Crippen molar-refractivity contribution in [3.63, 3.8) is 0 Å². The van der Waals surface area contributed by atoms with Gasteiger partial charge in [-0.15, -0.1) is 0 Å². The normalized spacial score (nSPS) is 10.1. The number of carbonyl (C=O) groups excluding carboxylic acids is 2. The Morgan fingerprint density at radius 3 is 2.52 bits per heavy atom. The molecular weight excluding hydrogens is 477 g/mol. The highest BCUT2D eigenvalue weighted by Crippen LogP contribution is 2.21. The Hall–Kier alpha value is -2.20. The molecule has 0 radical (unpaired) electrons. The number of benzene rings is 2. The topological polar surface area (TPSA) is 84.7 Å². The standard InChI is InChI=1S/C19H20IN3O3S/c1-26-16-8-7-14(11-15(16)20)18(25)22-19(27)23(10-9-17(21)24)12-13-5-3-2-4-6-13/h2-8,11H,9-10,12H2,1H3,(H2,21,24)(H,22,25,27). The van der Waals surface area contributed by atoms with Crippen molar-refractivity contribution < 1.29 is 14.3 Å². The van der Waals surface area contributed by atoms with Crippen molar-refractivity contribution in [2.75, 3.05) is 13.7 Å². The zero-order chi connectivity index (χ0) is 19.8. The predicted molar refractivity (Wildman–Crippen MR) is 116 cm³/mol. The Bertz CT molecular complexity index is 830. The molecule has 0 saturated carbocycles. The third-order valence-corrected chi connectivity index (χ3v) is 4.97. The molecule has 2 amide bonds. The minimum Gasteiger partial charge on any atom is -0.496 e. The fourth-order valence-corrected chi connectivity index (χ4v) is 3.34. The van der Waals surface area contributed by atoms with Gasteiger partial charge in [-0.25, -0.2) is 0 Å². The van der Waals surface area contributed by atoms with Crippen LogP contribution in [-0.2, 0) is 11.3 Å². The largest absolute Gasteiger partial charge is 0.496 e. The Balaban J connectivity index is 2.10. The fraction of sp³-hybridized carbons (Fsp3) is 0.211. The average Bonchev–Trinajstić information content (AvgIpc) is 2.65. The summed E-state index contributed by atoms with van der Waals surface area (Å²) in [6.45, 7) is 0.789. The Morgan fingerprint density at radius 1 is 1.22 bits per heavy atom. The first-order valence-corrected chi connectivity index (χ1v) is 9.65. The van der Waals surface area contributed by atoms with E-state index in [1.165, 1.54) is 0 Å². The number of ether oxygens (including phenoxy) is 1. The van der Waals surface area contributed by atoms with Gasteiger partial charge in [0, 0.05) is 25.1 Å². The lowest BCUT2D eigenvalue weighted by Crippen LogP contribution is -2.43. The number of nitrogens with one attached hydrogen (secondary N) is 1. The highest BCUT2D eigenvalue weighted by Gasteiger charge is 2.16. The number of hydrogen-bond donors (Lipinski definition) is 2. The van der Waals surface area contributed by atoms with Crippen molar-refractivity contribution in [1.82, 2.24) is 10.2 Å². The minimum atomic E-state index is -0.424. The van der Waals surface area contributed by atoms with Crippen LogP contribution >= 0.6 is 34.8 Å². The Kier molecular flexibility index (Phi) is 7.99. The lowest BCUT2D eigenvalue weighted by Gasteiger charge is -2.25. The highest BCUT2D eigenvalue weighted by atomic mass is 127. The smallest absolute Gasteiger partial charge is 0.257 e. The Morgan fingerprint density at radius 2 is 1.93 bits per heavy atom. The summed E-state index contributed by atoms with van der Waals surface area (Å²) in [7, 11) is 1.58. The lowest BCUT2D eigenvalue weighted by atomic mass is 10.2. The van der Waals surface area contributed by atoms with Crippen LogP contribution in [0.15, 0.2) is 48.5 Å². The summed E-state index contributed by atoms with van der Waals surface area (Å²) in [5, 5.41) is 2.97. The molecule has 0 fully saturated rings. The van der Waals surface area contributed by atoms with E-state index in [4.69, 9.17) is 22.7 Å². The fourth-order valence-electron chi connectivity index (χ4n) is 2.36. The second-order valence-corrected chi connectivity index (χ2v) is 7.28. The van der Waals surface area contributed by atoms with E-state index in [-0.39, 0.29) is 17.4 Å². The third-order valence-electron chi connectivity index (χ3n) is 3.77. The Labute approximate surface area is 177 Å². The van der Waals surface area contributed by atoms with Gasteiger partial charge in [-0.1, -0.05) is 30.3 Å². The summed E-state index contributed by atoms with van der Waals surface area (Å²) in [5.41, 5.74) is 6.74. The molecule has 2 aromatic rings. The number of nitrogens with zero attached hydrogens (tertiary/aromatic N) is 1. The number of primary amides is 1. The zero-order valence-electron chi connectivity index (χ0n) is 14.8. The molecule has 0 saturated heterocycles. The van der Waals surface area contributed by atoms with Gasteiger partial charge in [-0.05, 0) is 58.6 Å². The van der Waals surface area contributed by atoms with Crippen LogP contribution in [0, 0.1) is 3.57 Å². The van der Waals surface area contributed by atoms with E-state index in [0.29, 0.717) is 24.4 Å². The van der Waals surface area contributed by atoms with Gasteiger partial charge in [0.2, 0.25) is 5.91 Å². The molecule has 8 heteroatoms. The number of rotatable bonds is 7. The van der Waals surface area contributed by atoms with Crippen molar-refractivity contribution in [2.24, 2.45) is 5.73 Å². The maximum atomic E-state index is 12.5. The summed E-state index contributed by atoms with van der Waals surface area (Å²) in [6, 6.07) is 14.8. The zero-order valence-corrected chi connectivity index (χ0v) is 17.7. The van der Waals surface area contributed by atoms with Crippen molar-refractivity contribution >= 4 is 51.7 Å². The number of halogens is 1. The molecule has 6 nitrogen and oxygen atoms in total. The first kappa shape index (κ1) is 21.1. The molecule has 2 rings (SSSR count). The molecule has 2 aromatic carbocycles. The van der Waals surface area contributed by atoms with Crippen LogP contribution in [0.5, 0.6) is 5.75 Å². The number of thiocarbonyl (C=S) groups is 1. The maximum Gasteiger partial charge on any atom is 0.257 e. The minimum absolute atomic E-state index is 0.142. The van der Waals surface area contributed by atoms with Crippen molar-refractivity contribution in [2.45, 2.75) is 13.0 Å². The molecule has 0 bridgehead atoms. The summed E-state index contributed by atoms with van der Waals surface area (Å²) in [4.78, 5) is 25.5. The van der Waals surface area contributed by atoms with Crippen LogP contribution in [0.25, 0.3) is 0 Å². The molecule has 0 spiro atoms. The van der Waals surface area contributed by atoms with Crippen LogP contribution in [0.2, 0.25) is 0 Å². The summed E-state index contributed by atoms with van der Waals surface area (Å²) in [6.07, 6.45) is 0.142. The number of hydrogen-bond acceptors (Lipinski definition) is 4. The van der Waals surface area contributed by atoms with E-state index in [1.54, 1.807) is 30.2 Å². The van der Waals surface area contributed by atoms with E-state index in [1.807, 2.05) is 30.3 Å². The van der Waals surface area contributed by atoms with Crippen molar-refractivity contribution in [3.8, 4) is 5.75 Å². The van der Waals surface area contributed by atoms with E-state index in [0.717, 1.165) is 9.13 Å². The van der Waals surface area contributed by atoms with Crippen molar-refractivity contribution in [3.05, 3.63) is 63.2 Å². The van der Waals surface area contributed by atoms with Gasteiger partial charge >= 0.3 is 0 Å². The average molecular weight is 497 g/mol. The molecule has 142 valence electrons. The van der Waals surface area contributed by atoms with Gasteiger partial charge in [0.15, 0.2) is 5.11 Å². The number of carbonyl (C=O) groups is 2. The number of nitrogens with two attached hydrogens (primary N) is 1. The molecular formula is C19H20IN3O3S. The second kappa shape index (κ2) is 10.2. The number of amides is 2. The number of methoxy groups -OCH3 is 1. The monoisotopic (exact) mass is 497 g/mol. The predicted octanol–water partition coefficient (Wildman–Crippen LogP) is 2.69. The van der Waals surface area contributed by atoms with Gasteiger partial charge in [0.25, 0.3) is 5.91 Å². The van der Waals surface area contributed by atoms with E-state index < -0.39 is 5.91 Å². The van der Waals surface area contributed by atoms with Gasteiger partial charge in [-0.2, -0.15) is 0 Å². The van der Waals surface area contributed by atoms with E-state index in [2.05, 4.69) is 27.9 Å². The lowest BCUT2D eigenvalue weighted by molar-refractivity contribution is -0.118. The van der Waals surface area contributed by atoms with Gasteiger partial charge in [-0.3, -0.25) is 14.9 Å². The van der Waals surface area contributed by atoms with E-state index >= 15 is 0 Å². The molecule has 0 aromatic heterocycles. The summed E-state index contributed by atoms with van der Waals surface area (Å²) in [5.74, 6) is -0.0495. The van der Waals surface area contributed by atoms with Crippen LogP contribution in [0.3, 0.4) is 0 Å². The molecule has 0 aliphatic rings. The van der Waals surface area contributed by atoms with Crippen LogP contribution < -0.4 is 15.8 Å². The summed E-state index contributed by atoms with van der Waals surface area (Å²) < 4.78 is 6.03. The second-order valence-electron chi connectivity index (χ2n) is 5.73. The van der Waals surface area contributed by atoms with Crippen LogP contribution in [-0.4, -0.2) is 35.5 Å². The summed E-state index contributed by atoms with van der Waals surface area (Å²) >= 11 is 7.50. The quantitative estimate of drug-likeness (QED) is 0.454. The molecule has 0 heterocycles. The first-order chi connectivity index (χ1) is 12.9.